The van der Waals surface area contributed by atoms with Crippen molar-refractivity contribution in [3.05, 3.63) is 73.3 Å². The molecule has 1 saturated carbocycles. The zero-order valence-corrected chi connectivity index (χ0v) is 16.5. The summed E-state index contributed by atoms with van der Waals surface area (Å²) in [6.07, 6.45) is 8.20. The van der Waals surface area contributed by atoms with E-state index in [0.717, 1.165) is 17.6 Å². The average molecular weight is 413 g/mol. The third-order valence-corrected chi connectivity index (χ3v) is 6.08. The molecular weight excluding hydrogens is 394 g/mol. The summed E-state index contributed by atoms with van der Waals surface area (Å²) >= 11 is 0. The molecule has 2 aliphatic rings. The summed E-state index contributed by atoms with van der Waals surface area (Å²) in [5.41, 5.74) is 2.71. The van der Waals surface area contributed by atoms with E-state index < -0.39 is 6.04 Å². The lowest BCUT2D eigenvalue weighted by Gasteiger charge is -2.26. The number of anilines is 1. The Hall–Kier alpha value is -4.01. The van der Waals surface area contributed by atoms with Crippen LogP contribution in [0.4, 0.5) is 5.69 Å². The predicted molar refractivity (Wildman–Crippen MR) is 112 cm³/mol. The second-order valence-electron chi connectivity index (χ2n) is 8.02. The summed E-state index contributed by atoms with van der Waals surface area (Å²) in [7, 11) is 0. The summed E-state index contributed by atoms with van der Waals surface area (Å²) in [5, 5.41) is 7.09. The number of carbonyl (C=O) groups excluding carboxylic acids is 2. The Kier molecular flexibility index (Phi) is 3.89. The molecule has 3 atom stereocenters. The Morgan fingerprint density at radius 1 is 1.06 bits per heavy atom. The van der Waals surface area contributed by atoms with Crippen LogP contribution in [0.5, 0.6) is 0 Å². The second kappa shape index (κ2) is 6.76. The maximum absolute atomic E-state index is 13.3. The number of nitrogens with one attached hydrogen (secondary N) is 1. The Labute approximate surface area is 177 Å². The minimum Gasteiger partial charge on any atom is -0.324 e. The molecule has 1 aromatic carbocycles. The van der Waals surface area contributed by atoms with Crippen molar-refractivity contribution in [1.82, 2.24) is 29.0 Å². The summed E-state index contributed by atoms with van der Waals surface area (Å²) in [4.78, 5) is 36.4. The van der Waals surface area contributed by atoms with Gasteiger partial charge in [0.25, 0.3) is 5.91 Å². The van der Waals surface area contributed by atoms with E-state index in [1.54, 1.807) is 28.3 Å². The van der Waals surface area contributed by atoms with Crippen LogP contribution in [-0.2, 0) is 4.79 Å². The van der Waals surface area contributed by atoms with Gasteiger partial charge in [-0.3, -0.25) is 9.59 Å². The number of rotatable bonds is 4. The molecule has 0 bridgehead atoms. The van der Waals surface area contributed by atoms with Gasteiger partial charge in [-0.25, -0.2) is 14.6 Å². The first-order valence-corrected chi connectivity index (χ1v) is 10.2. The van der Waals surface area contributed by atoms with Crippen molar-refractivity contribution in [3.63, 3.8) is 0 Å². The maximum Gasteiger partial charge on any atom is 0.273 e. The van der Waals surface area contributed by atoms with Crippen molar-refractivity contribution < 1.29 is 9.59 Å². The fourth-order valence-electron chi connectivity index (χ4n) is 4.46. The van der Waals surface area contributed by atoms with Gasteiger partial charge in [-0.2, -0.15) is 5.10 Å². The van der Waals surface area contributed by atoms with Crippen LogP contribution in [0, 0.1) is 5.92 Å². The minimum absolute atomic E-state index is 0.120. The van der Waals surface area contributed by atoms with E-state index in [-0.39, 0.29) is 17.9 Å². The average Bonchev–Trinajstić information content (AvgIpc) is 3.22. The molecule has 4 heterocycles. The molecule has 0 unspecified atom stereocenters. The number of likely N-dealkylation sites (tertiary alicyclic amines) is 1. The van der Waals surface area contributed by atoms with E-state index >= 15 is 0 Å². The van der Waals surface area contributed by atoms with E-state index in [1.165, 1.54) is 6.33 Å². The molecule has 2 fully saturated rings. The molecule has 31 heavy (non-hydrogen) atoms. The monoisotopic (exact) mass is 413 g/mol. The highest BCUT2D eigenvalue weighted by atomic mass is 16.2. The van der Waals surface area contributed by atoms with E-state index in [9.17, 15) is 9.59 Å². The first-order valence-electron chi connectivity index (χ1n) is 10.2. The third-order valence-electron chi connectivity index (χ3n) is 6.08. The molecule has 0 spiro atoms. The van der Waals surface area contributed by atoms with Crippen LogP contribution in [0.25, 0.3) is 11.2 Å². The van der Waals surface area contributed by atoms with Crippen molar-refractivity contribution in [2.45, 2.75) is 24.9 Å². The van der Waals surface area contributed by atoms with Crippen molar-refractivity contribution in [3.8, 4) is 5.69 Å². The molecule has 9 heteroatoms. The SMILES string of the molecule is O=C(Nc1cccc(-n2cncn2)c1)[C@H]1C[C@H]2C[C@H]2N1C(=O)c1cc2cccn2cn1. The lowest BCUT2D eigenvalue weighted by atomic mass is 10.1. The van der Waals surface area contributed by atoms with Gasteiger partial charge in [0.2, 0.25) is 5.91 Å². The number of benzene rings is 1. The highest BCUT2D eigenvalue weighted by molar-refractivity contribution is 6.01. The second-order valence-corrected chi connectivity index (χ2v) is 8.02. The van der Waals surface area contributed by atoms with Gasteiger partial charge in [-0.05, 0) is 55.2 Å². The van der Waals surface area contributed by atoms with Crippen molar-refractivity contribution in [1.29, 1.82) is 0 Å². The van der Waals surface area contributed by atoms with Gasteiger partial charge in [0.05, 0.1) is 12.0 Å². The van der Waals surface area contributed by atoms with Crippen LogP contribution < -0.4 is 5.32 Å². The highest BCUT2D eigenvalue weighted by Crippen LogP contribution is 2.48. The summed E-state index contributed by atoms with van der Waals surface area (Å²) in [6.45, 7) is 0. The molecule has 1 aliphatic heterocycles. The van der Waals surface area contributed by atoms with Crippen molar-refractivity contribution in [2.24, 2.45) is 5.92 Å². The number of fused-ring (bicyclic) bond motifs is 2. The fourth-order valence-corrected chi connectivity index (χ4v) is 4.46. The molecule has 9 nitrogen and oxygen atoms in total. The minimum atomic E-state index is -0.504. The molecule has 3 aromatic heterocycles. The molecule has 1 aliphatic carbocycles. The Morgan fingerprint density at radius 3 is 2.87 bits per heavy atom. The van der Waals surface area contributed by atoms with Gasteiger partial charge in [-0.15, -0.1) is 0 Å². The van der Waals surface area contributed by atoms with Crippen LogP contribution in [0.15, 0.2) is 67.6 Å². The number of hydrogen-bond donors (Lipinski definition) is 1. The smallest absolute Gasteiger partial charge is 0.273 e. The molecule has 2 amide bonds. The van der Waals surface area contributed by atoms with Gasteiger partial charge in [-0.1, -0.05) is 6.07 Å². The molecule has 1 saturated heterocycles. The summed E-state index contributed by atoms with van der Waals surface area (Å²) < 4.78 is 3.48. The number of hydrogen-bond acceptors (Lipinski definition) is 5. The van der Waals surface area contributed by atoms with E-state index in [0.29, 0.717) is 23.7 Å². The van der Waals surface area contributed by atoms with Crippen LogP contribution in [0.2, 0.25) is 0 Å². The number of nitrogens with zero attached hydrogens (tertiary/aromatic N) is 6. The normalized spacial score (nSPS) is 21.8. The maximum atomic E-state index is 13.3. The Balaban J connectivity index is 1.24. The lowest BCUT2D eigenvalue weighted by molar-refractivity contribution is -0.120. The van der Waals surface area contributed by atoms with E-state index in [2.05, 4.69) is 20.4 Å². The predicted octanol–water partition coefficient (Wildman–Crippen LogP) is 2.16. The van der Waals surface area contributed by atoms with Gasteiger partial charge < -0.3 is 14.6 Å². The van der Waals surface area contributed by atoms with Gasteiger partial charge in [0.1, 0.15) is 24.4 Å². The van der Waals surface area contributed by atoms with E-state index in [4.69, 9.17) is 0 Å². The van der Waals surface area contributed by atoms with Crippen LogP contribution in [0.1, 0.15) is 23.3 Å². The van der Waals surface area contributed by atoms with Crippen molar-refractivity contribution >= 4 is 23.0 Å². The number of amides is 2. The standard InChI is InChI=1S/C22H19N7O2/c30-21(26-15-3-1-4-17(9-15)28-12-23-11-25-28)20-8-14-7-19(14)29(20)22(31)18-10-16-5-2-6-27(16)13-24-18/h1-6,9-14,19-20H,7-8H2,(H,26,30)/t14-,19-,20-/m1/s1. The van der Waals surface area contributed by atoms with Crippen LogP contribution >= 0.6 is 0 Å². The van der Waals surface area contributed by atoms with Crippen LogP contribution in [-0.4, -0.2) is 52.9 Å². The zero-order valence-electron chi connectivity index (χ0n) is 16.5. The van der Waals surface area contributed by atoms with Gasteiger partial charge in [0, 0.05) is 23.4 Å². The molecule has 154 valence electrons. The van der Waals surface area contributed by atoms with Crippen LogP contribution in [0.3, 0.4) is 0 Å². The Bertz CT molecular complexity index is 1300. The van der Waals surface area contributed by atoms with Gasteiger partial charge >= 0.3 is 0 Å². The highest BCUT2D eigenvalue weighted by Gasteiger charge is 2.56. The Morgan fingerprint density at radius 2 is 2.00 bits per heavy atom. The molecular formula is C22H19N7O2. The molecule has 0 radical (unpaired) electrons. The first-order chi connectivity index (χ1) is 15.2. The largest absolute Gasteiger partial charge is 0.324 e. The molecule has 4 aromatic rings. The molecule has 1 N–H and O–H groups in total. The number of piperidine rings is 1. The quantitative estimate of drug-likeness (QED) is 0.553. The van der Waals surface area contributed by atoms with Gasteiger partial charge in [0.15, 0.2) is 0 Å². The topological polar surface area (TPSA) is 97.4 Å². The molecule has 6 rings (SSSR count). The summed E-state index contributed by atoms with van der Waals surface area (Å²) in [5.74, 6) is 0.0171. The summed E-state index contributed by atoms with van der Waals surface area (Å²) in [6, 6.07) is 12.6. The van der Waals surface area contributed by atoms with Crippen molar-refractivity contribution in [2.75, 3.05) is 5.32 Å². The fraction of sp³-hybridized carbons (Fsp3) is 0.227. The third kappa shape index (κ3) is 3.05. The lowest BCUT2D eigenvalue weighted by Crippen LogP contribution is -2.45. The first kappa shape index (κ1) is 17.8. The van der Waals surface area contributed by atoms with E-state index in [1.807, 2.05) is 47.0 Å². The number of carbonyl (C=O) groups is 2. The number of aromatic nitrogens is 5. The zero-order chi connectivity index (χ0) is 20.9.